The van der Waals surface area contributed by atoms with Gasteiger partial charge in [0.2, 0.25) is 0 Å². The molecule has 2 fully saturated rings. The third kappa shape index (κ3) is 2.89. The fourth-order valence-corrected chi connectivity index (χ4v) is 4.08. The van der Waals surface area contributed by atoms with Crippen LogP contribution in [0.25, 0.3) is 0 Å². The number of fused-ring (bicyclic) bond motifs is 2. The van der Waals surface area contributed by atoms with Crippen molar-refractivity contribution in [1.82, 2.24) is 0 Å². The molecule has 0 heterocycles. The zero-order valence-electron chi connectivity index (χ0n) is 12.2. The molecule has 5 atom stereocenters. The number of ether oxygens (including phenoxy) is 1. The second-order valence-corrected chi connectivity index (χ2v) is 6.51. The van der Waals surface area contributed by atoms with Gasteiger partial charge in [-0.15, -0.1) is 0 Å². The average molecular weight is 252 g/mol. The molecule has 2 nitrogen and oxygen atoms in total. The molecule has 104 valence electrons. The zero-order chi connectivity index (χ0) is 13.1. The van der Waals surface area contributed by atoms with Crippen LogP contribution in [0.2, 0.25) is 0 Å². The van der Waals surface area contributed by atoms with Gasteiger partial charge in [0.05, 0.1) is 6.61 Å². The first-order valence-electron chi connectivity index (χ1n) is 7.79. The molecule has 2 heteroatoms. The summed E-state index contributed by atoms with van der Waals surface area (Å²) in [5.74, 6) is 4.09. The van der Waals surface area contributed by atoms with Crippen molar-refractivity contribution >= 4 is 5.97 Å². The van der Waals surface area contributed by atoms with Crippen molar-refractivity contribution in [3.63, 3.8) is 0 Å². The Morgan fingerprint density at radius 1 is 1.17 bits per heavy atom. The van der Waals surface area contributed by atoms with Crippen molar-refractivity contribution in [3.8, 4) is 0 Å². The molecule has 0 spiro atoms. The van der Waals surface area contributed by atoms with Crippen LogP contribution in [0.5, 0.6) is 0 Å². The van der Waals surface area contributed by atoms with E-state index in [2.05, 4.69) is 20.8 Å². The summed E-state index contributed by atoms with van der Waals surface area (Å²) in [6.45, 7) is 7.61. The predicted octanol–water partition coefficient (Wildman–Crippen LogP) is 4.04. The molecule has 3 unspecified atom stereocenters. The fourth-order valence-electron chi connectivity index (χ4n) is 4.08. The summed E-state index contributed by atoms with van der Waals surface area (Å²) in [7, 11) is 0. The van der Waals surface area contributed by atoms with Gasteiger partial charge in [0.15, 0.2) is 0 Å². The number of carbonyl (C=O) groups is 1. The maximum atomic E-state index is 11.6. The van der Waals surface area contributed by atoms with Crippen LogP contribution < -0.4 is 0 Å². The number of unbranched alkanes of at least 4 members (excludes halogenated alkanes) is 2. The van der Waals surface area contributed by atoms with Crippen LogP contribution >= 0.6 is 0 Å². The number of carbonyl (C=O) groups excluding carboxylic acids is 1. The van der Waals surface area contributed by atoms with E-state index in [1.807, 2.05) is 0 Å². The molecular formula is C16H28O2. The largest absolute Gasteiger partial charge is 0.465 e. The Balaban J connectivity index is 1.68. The first-order valence-corrected chi connectivity index (χ1v) is 7.79. The summed E-state index contributed by atoms with van der Waals surface area (Å²) in [5.41, 5.74) is 0. The normalized spacial score (nSPS) is 38.1. The van der Waals surface area contributed by atoms with Gasteiger partial charge in [0.1, 0.15) is 0 Å². The molecule has 0 aromatic carbocycles. The molecule has 18 heavy (non-hydrogen) atoms. The topological polar surface area (TPSA) is 26.3 Å². The van der Waals surface area contributed by atoms with Crippen LogP contribution in [0.4, 0.5) is 0 Å². The highest BCUT2D eigenvalue weighted by molar-refractivity contribution is 5.69. The molecule has 2 saturated carbocycles. The Labute approximate surface area is 111 Å². The highest BCUT2D eigenvalue weighted by atomic mass is 16.5. The van der Waals surface area contributed by atoms with Crippen molar-refractivity contribution in [2.24, 2.45) is 29.6 Å². The molecule has 0 aromatic heterocycles. The van der Waals surface area contributed by atoms with Gasteiger partial charge in [-0.05, 0) is 48.9 Å². The van der Waals surface area contributed by atoms with Crippen LogP contribution in [0.1, 0.15) is 59.3 Å². The van der Waals surface area contributed by atoms with Crippen LogP contribution in [0, 0.1) is 29.6 Å². The molecule has 0 amide bonds. The van der Waals surface area contributed by atoms with Gasteiger partial charge in [-0.1, -0.05) is 33.6 Å². The SMILES string of the molecule is CCCCCC(=O)OCC1C[C@@H]2C[C@@H]1C(C)C2C. The second-order valence-electron chi connectivity index (χ2n) is 6.51. The van der Waals surface area contributed by atoms with Gasteiger partial charge < -0.3 is 4.74 Å². The minimum absolute atomic E-state index is 0.0203. The molecule has 2 aliphatic carbocycles. The lowest BCUT2D eigenvalue weighted by Gasteiger charge is -2.31. The van der Waals surface area contributed by atoms with Crippen molar-refractivity contribution in [2.45, 2.75) is 59.3 Å². The Kier molecular flexibility index (Phi) is 4.69. The third-order valence-electron chi connectivity index (χ3n) is 5.48. The lowest BCUT2D eigenvalue weighted by Crippen LogP contribution is -2.28. The molecule has 2 aliphatic rings. The molecular weight excluding hydrogens is 224 g/mol. The quantitative estimate of drug-likeness (QED) is 0.527. The van der Waals surface area contributed by atoms with E-state index < -0.39 is 0 Å². The fraction of sp³-hybridized carbons (Fsp3) is 0.938. The van der Waals surface area contributed by atoms with Crippen LogP contribution in [-0.4, -0.2) is 12.6 Å². The molecule has 2 rings (SSSR count). The van der Waals surface area contributed by atoms with Crippen molar-refractivity contribution in [2.75, 3.05) is 6.61 Å². The maximum Gasteiger partial charge on any atom is 0.305 e. The number of hydrogen-bond donors (Lipinski definition) is 0. The maximum absolute atomic E-state index is 11.6. The van der Waals surface area contributed by atoms with Gasteiger partial charge >= 0.3 is 5.97 Å². The summed E-state index contributed by atoms with van der Waals surface area (Å²) in [4.78, 5) is 11.6. The van der Waals surface area contributed by atoms with Crippen molar-refractivity contribution in [3.05, 3.63) is 0 Å². The first-order chi connectivity index (χ1) is 8.63. The zero-order valence-corrected chi connectivity index (χ0v) is 12.2. The Hall–Kier alpha value is -0.530. The van der Waals surface area contributed by atoms with Gasteiger partial charge in [-0.3, -0.25) is 4.79 Å². The van der Waals surface area contributed by atoms with Gasteiger partial charge in [0, 0.05) is 6.42 Å². The third-order valence-corrected chi connectivity index (χ3v) is 5.48. The minimum atomic E-state index is 0.0203. The van der Waals surface area contributed by atoms with Crippen LogP contribution in [0.15, 0.2) is 0 Å². The van der Waals surface area contributed by atoms with E-state index in [4.69, 9.17) is 4.74 Å². The predicted molar refractivity (Wildman–Crippen MR) is 73.1 cm³/mol. The Morgan fingerprint density at radius 2 is 1.94 bits per heavy atom. The van der Waals surface area contributed by atoms with E-state index in [1.54, 1.807) is 0 Å². The lowest BCUT2D eigenvalue weighted by atomic mass is 9.76. The van der Waals surface area contributed by atoms with Crippen LogP contribution in [-0.2, 0) is 9.53 Å². The summed E-state index contributed by atoms with van der Waals surface area (Å²) in [6, 6.07) is 0. The summed E-state index contributed by atoms with van der Waals surface area (Å²) >= 11 is 0. The monoisotopic (exact) mass is 252 g/mol. The minimum Gasteiger partial charge on any atom is -0.465 e. The lowest BCUT2D eigenvalue weighted by molar-refractivity contribution is -0.146. The summed E-state index contributed by atoms with van der Waals surface area (Å²) in [6.07, 6.45) is 6.56. The highest BCUT2D eigenvalue weighted by Gasteiger charge is 2.48. The number of esters is 1. The Bertz CT molecular complexity index is 285. The van der Waals surface area contributed by atoms with Gasteiger partial charge in [-0.25, -0.2) is 0 Å². The van der Waals surface area contributed by atoms with E-state index in [1.165, 1.54) is 12.8 Å². The molecule has 0 aliphatic heterocycles. The molecule has 2 bridgehead atoms. The van der Waals surface area contributed by atoms with Gasteiger partial charge in [0.25, 0.3) is 0 Å². The summed E-state index contributed by atoms with van der Waals surface area (Å²) < 4.78 is 5.47. The molecule has 0 saturated heterocycles. The van der Waals surface area contributed by atoms with E-state index in [0.717, 1.165) is 42.9 Å². The average Bonchev–Trinajstić information content (AvgIpc) is 2.88. The van der Waals surface area contributed by atoms with Gasteiger partial charge in [-0.2, -0.15) is 0 Å². The van der Waals surface area contributed by atoms with E-state index in [9.17, 15) is 4.79 Å². The molecule has 0 aromatic rings. The van der Waals surface area contributed by atoms with E-state index in [0.29, 0.717) is 18.9 Å². The highest BCUT2D eigenvalue weighted by Crippen LogP contribution is 2.54. The standard InChI is InChI=1S/C16H28O2/c1-4-5-6-7-16(17)18-10-14-8-13-9-15(14)12(3)11(13)2/h11-15H,4-10H2,1-3H3/t11?,12?,13-,14?,15-/m1/s1. The number of hydrogen-bond acceptors (Lipinski definition) is 2. The summed E-state index contributed by atoms with van der Waals surface area (Å²) in [5, 5.41) is 0. The first kappa shape index (κ1) is 13.9. The van der Waals surface area contributed by atoms with E-state index in [-0.39, 0.29) is 5.97 Å². The van der Waals surface area contributed by atoms with Crippen molar-refractivity contribution < 1.29 is 9.53 Å². The second kappa shape index (κ2) is 6.08. The van der Waals surface area contributed by atoms with Crippen molar-refractivity contribution in [1.29, 1.82) is 0 Å². The molecule has 0 N–H and O–H groups in total. The number of rotatable bonds is 6. The van der Waals surface area contributed by atoms with E-state index >= 15 is 0 Å². The molecule has 0 radical (unpaired) electrons. The Morgan fingerprint density at radius 3 is 2.56 bits per heavy atom. The van der Waals surface area contributed by atoms with Crippen LogP contribution in [0.3, 0.4) is 0 Å². The smallest absolute Gasteiger partial charge is 0.305 e.